The first kappa shape index (κ1) is 20.7. The smallest absolute Gasteiger partial charge is 0.374 e. The van der Waals surface area contributed by atoms with Gasteiger partial charge in [0, 0.05) is 38.8 Å². The Bertz CT molecular complexity index is 611. The van der Waals surface area contributed by atoms with Gasteiger partial charge >= 0.3 is 6.18 Å². The number of imidazole rings is 1. The molecule has 0 radical (unpaired) electrons. The quantitative estimate of drug-likeness (QED) is 0.678. The maximum Gasteiger partial charge on any atom is 0.424 e. The molecule has 0 bridgehead atoms. The molecule has 1 heterocycles. The molecule has 1 amide bonds. The molecule has 1 unspecified atom stereocenters. The van der Waals surface area contributed by atoms with Crippen molar-refractivity contribution in [3.8, 4) is 0 Å². The average Bonchev–Trinajstić information content (AvgIpc) is 3.01. The van der Waals surface area contributed by atoms with E-state index in [9.17, 15) is 23.1 Å². The molecular formula is C17H27F3N4O2. The SMILES string of the molecule is Cn1ccnc1C(O)(CCNC(=O)CC1(CN)CCCCC1)C(F)(F)F. The van der Waals surface area contributed by atoms with Crippen LogP contribution in [-0.2, 0) is 17.4 Å². The predicted octanol–water partition coefficient (Wildman–Crippen LogP) is 1.98. The summed E-state index contributed by atoms with van der Waals surface area (Å²) >= 11 is 0. The van der Waals surface area contributed by atoms with Crippen LogP contribution in [0.5, 0.6) is 0 Å². The highest BCUT2D eigenvalue weighted by atomic mass is 19.4. The minimum atomic E-state index is -4.90. The summed E-state index contributed by atoms with van der Waals surface area (Å²) in [6.07, 6.45) is 1.98. The monoisotopic (exact) mass is 376 g/mol. The molecular weight excluding hydrogens is 349 g/mol. The van der Waals surface area contributed by atoms with Crippen LogP contribution in [-0.4, -0.2) is 39.8 Å². The molecule has 1 aromatic rings. The van der Waals surface area contributed by atoms with Crippen molar-refractivity contribution in [1.82, 2.24) is 14.9 Å². The lowest BCUT2D eigenvalue weighted by Crippen LogP contribution is -2.47. The van der Waals surface area contributed by atoms with E-state index in [0.717, 1.165) is 36.7 Å². The van der Waals surface area contributed by atoms with Gasteiger partial charge in [-0.1, -0.05) is 19.3 Å². The molecule has 1 aliphatic rings. The molecule has 9 heteroatoms. The third-order valence-electron chi connectivity index (χ3n) is 5.35. The summed E-state index contributed by atoms with van der Waals surface area (Å²) in [5, 5.41) is 12.7. The van der Waals surface area contributed by atoms with Crippen molar-refractivity contribution >= 4 is 5.91 Å². The third-order valence-corrected chi connectivity index (χ3v) is 5.35. The van der Waals surface area contributed by atoms with Crippen LogP contribution in [0, 0.1) is 5.41 Å². The van der Waals surface area contributed by atoms with E-state index in [4.69, 9.17) is 5.73 Å². The van der Waals surface area contributed by atoms with Gasteiger partial charge in [-0.05, 0) is 24.8 Å². The van der Waals surface area contributed by atoms with Crippen LogP contribution in [0.1, 0.15) is 50.8 Å². The Kier molecular flexibility index (Phi) is 6.33. The minimum absolute atomic E-state index is 0.205. The molecule has 0 saturated heterocycles. The van der Waals surface area contributed by atoms with E-state index in [1.165, 1.54) is 19.4 Å². The van der Waals surface area contributed by atoms with Crippen molar-refractivity contribution in [3.05, 3.63) is 18.2 Å². The zero-order valence-corrected chi connectivity index (χ0v) is 15.0. The van der Waals surface area contributed by atoms with Crippen molar-refractivity contribution in [2.75, 3.05) is 13.1 Å². The highest BCUT2D eigenvalue weighted by Gasteiger charge is 2.57. The van der Waals surface area contributed by atoms with Gasteiger partial charge in [0.25, 0.3) is 0 Å². The number of nitrogens with zero attached hydrogens (tertiary/aromatic N) is 2. The van der Waals surface area contributed by atoms with Gasteiger partial charge in [0.05, 0.1) is 0 Å². The Labute approximate surface area is 151 Å². The number of aliphatic hydroxyl groups is 1. The third kappa shape index (κ3) is 4.37. The van der Waals surface area contributed by atoms with Crippen LogP contribution >= 0.6 is 0 Å². The van der Waals surface area contributed by atoms with Gasteiger partial charge < -0.3 is 20.7 Å². The number of rotatable bonds is 7. The van der Waals surface area contributed by atoms with Crippen LogP contribution in [0.4, 0.5) is 13.2 Å². The van der Waals surface area contributed by atoms with E-state index in [1.807, 2.05) is 0 Å². The Morgan fingerprint density at radius 3 is 2.54 bits per heavy atom. The molecule has 1 atom stereocenters. The second-order valence-corrected chi connectivity index (χ2v) is 7.26. The van der Waals surface area contributed by atoms with Gasteiger partial charge in [-0.25, -0.2) is 4.98 Å². The summed E-state index contributed by atoms with van der Waals surface area (Å²) in [5.74, 6) is -0.827. The normalized spacial score (nSPS) is 19.8. The molecule has 4 N–H and O–H groups in total. The van der Waals surface area contributed by atoms with Gasteiger partial charge in [0.2, 0.25) is 11.5 Å². The van der Waals surface area contributed by atoms with E-state index in [2.05, 4.69) is 10.3 Å². The number of aromatic nitrogens is 2. The van der Waals surface area contributed by atoms with Crippen molar-refractivity contribution < 1.29 is 23.1 Å². The summed E-state index contributed by atoms with van der Waals surface area (Å²) < 4.78 is 41.4. The first-order valence-electron chi connectivity index (χ1n) is 8.87. The highest BCUT2D eigenvalue weighted by Crippen LogP contribution is 2.41. The van der Waals surface area contributed by atoms with E-state index in [0.29, 0.717) is 6.54 Å². The summed E-state index contributed by atoms with van der Waals surface area (Å²) in [6.45, 7) is 0.0858. The summed E-state index contributed by atoms with van der Waals surface area (Å²) in [4.78, 5) is 15.8. The van der Waals surface area contributed by atoms with E-state index >= 15 is 0 Å². The number of hydrogen-bond donors (Lipinski definition) is 3. The van der Waals surface area contributed by atoms with Crippen LogP contribution in [0.15, 0.2) is 12.4 Å². The fourth-order valence-corrected chi connectivity index (χ4v) is 3.69. The van der Waals surface area contributed by atoms with Gasteiger partial charge in [0.15, 0.2) is 0 Å². The number of amides is 1. The lowest BCUT2D eigenvalue weighted by Gasteiger charge is -2.35. The van der Waals surface area contributed by atoms with Crippen molar-refractivity contribution in [2.24, 2.45) is 18.2 Å². The Balaban J connectivity index is 1.97. The topological polar surface area (TPSA) is 93.2 Å². The van der Waals surface area contributed by atoms with Crippen molar-refractivity contribution in [1.29, 1.82) is 0 Å². The second kappa shape index (κ2) is 7.96. The summed E-state index contributed by atoms with van der Waals surface area (Å²) in [5.41, 5.74) is 2.46. The van der Waals surface area contributed by atoms with Gasteiger partial charge in [-0.15, -0.1) is 0 Å². The van der Waals surface area contributed by atoms with Crippen molar-refractivity contribution in [2.45, 2.75) is 56.7 Å². The molecule has 0 aromatic carbocycles. The molecule has 1 saturated carbocycles. The highest BCUT2D eigenvalue weighted by molar-refractivity contribution is 5.76. The van der Waals surface area contributed by atoms with E-state index < -0.39 is 24.0 Å². The van der Waals surface area contributed by atoms with Crippen LogP contribution in [0.25, 0.3) is 0 Å². The molecule has 0 spiro atoms. The molecule has 1 fully saturated rings. The number of halogens is 3. The fraction of sp³-hybridized carbons (Fsp3) is 0.765. The number of nitrogens with one attached hydrogen (secondary N) is 1. The number of nitrogens with two attached hydrogens (primary N) is 1. The molecule has 6 nitrogen and oxygen atoms in total. The number of hydrogen-bond acceptors (Lipinski definition) is 4. The van der Waals surface area contributed by atoms with E-state index in [1.54, 1.807) is 0 Å². The van der Waals surface area contributed by atoms with Gasteiger partial charge in [0.1, 0.15) is 5.82 Å². The Morgan fingerprint density at radius 1 is 1.38 bits per heavy atom. The second-order valence-electron chi connectivity index (χ2n) is 7.26. The molecule has 1 aromatic heterocycles. The number of carbonyl (C=O) groups excluding carboxylic acids is 1. The first-order chi connectivity index (χ1) is 12.1. The predicted molar refractivity (Wildman–Crippen MR) is 90.0 cm³/mol. The zero-order valence-electron chi connectivity index (χ0n) is 15.0. The van der Waals surface area contributed by atoms with Crippen molar-refractivity contribution in [3.63, 3.8) is 0 Å². The number of carbonyl (C=O) groups is 1. The minimum Gasteiger partial charge on any atom is -0.374 e. The first-order valence-corrected chi connectivity index (χ1v) is 8.87. The number of aryl methyl sites for hydroxylation is 1. The van der Waals surface area contributed by atoms with Gasteiger partial charge in [-0.2, -0.15) is 13.2 Å². The Hall–Kier alpha value is -1.61. The fourth-order valence-electron chi connectivity index (χ4n) is 3.69. The zero-order chi connectivity index (χ0) is 19.4. The standard InChI is InChI=1S/C17H27F3N4O2/c1-24-10-9-23-14(24)16(26,17(18,19)20)7-8-22-13(25)11-15(12-21)5-3-2-4-6-15/h9-10,26H,2-8,11-12,21H2,1H3,(H,22,25). The average molecular weight is 376 g/mol. The summed E-state index contributed by atoms with van der Waals surface area (Å²) in [6, 6.07) is 0. The summed E-state index contributed by atoms with van der Waals surface area (Å²) in [7, 11) is 1.38. The molecule has 0 aliphatic heterocycles. The Morgan fingerprint density at radius 2 is 2.04 bits per heavy atom. The lowest BCUT2D eigenvalue weighted by molar-refractivity contribution is -0.272. The van der Waals surface area contributed by atoms with Gasteiger partial charge in [-0.3, -0.25) is 4.79 Å². The van der Waals surface area contributed by atoms with E-state index in [-0.39, 0.29) is 24.3 Å². The van der Waals surface area contributed by atoms with Crippen LogP contribution in [0.2, 0.25) is 0 Å². The maximum atomic E-state index is 13.4. The number of alkyl halides is 3. The largest absolute Gasteiger partial charge is 0.424 e. The molecule has 148 valence electrons. The maximum absolute atomic E-state index is 13.4. The molecule has 26 heavy (non-hydrogen) atoms. The molecule has 2 rings (SSSR count). The lowest BCUT2D eigenvalue weighted by atomic mass is 9.71. The van der Waals surface area contributed by atoms with Crippen LogP contribution in [0.3, 0.4) is 0 Å². The molecule has 1 aliphatic carbocycles. The van der Waals surface area contributed by atoms with Crippen LogP contribution < -0.4 is 11.1 Å².